The number of aliphatic hydroxyl groups is 1. The maximum absolute atomic E-state index is 13.7. The van der Waals surface area contributed by atoms with Gasteiger partial charge in [0.1, 0.15) is 6.10 Å². The third-order valence-corrected chi connectivity index (χ3v) is 8.35. The third kappa shape index (κ3) is 4.98. The highest BCUT2D eigenvalue weighted by molar-refractivity contribution is 5.85. The molecule has 0 radical (unpaired) electrons. The number of fused-ring (bicyclic) bond motifs is 2. The number of aryl methyl sites for hydroxylation is 1. The van der Waals surface area contributed by atoms with Crippen LogP contribution in [0.1, 0.15) is 48.8 Å². The van der Waals surface area contributed by atoms with Crippen LogP contribution in [0.15, 0.2) is 91.0 Å². The first-order valence-electron chi connectivity index (χ1n) is 13.4. The predicted octanol–water partition coefficient (Wildman–Crippen LogP) is 5.59. The van der Waals surface area contributed by atoms with Gasteiger partial charge in [-0.2, -0.15) is 0 Å². The van der Waals surface area contributed by atoms with Gasteiger partial charge in [-0.1, -0.05) is 91.0 Å². The van der Waals surface area contributed by atoms with Crippen LogP contribution in [0, 0.1) is 11.8 Å². The summed E-state index contributed by atoms with van der Waals surface area (Å²) < 4.78 is 6.22. The van der Waals surface area contributed by atoms with Crippen molar-refractivity contribution in [2.45, 2.75) is 56.3 Å². The molecule has 2 aliphatic rings. The van der Waals surface area contributed by atoms with Crippen LogP contribution in [0.5, 0.6) is 0 Å². The summed E-state index contributed by atoms with van der Waals surface area (Å²) in [6, 6.07) is 29.4. The topological polar surface area (TPSA) is 49.8 Å². The summed E-state index contributed by atoms with van der Waals surface area (Å²) in [5.74, 6) is 0.133. The minimum atomic E-state index is -1.82. The number of benzene rings is 3. The van der Waals surface area contributed by atoms with Crippen molar-refractivity contribution in [2.75, 3.05) is 13.6 Å². The molecule has 188 valence electrons. The van der Waals surface area contributed by atoms with Crippen molar-refractivity contribution in [2.24, 2.45) is 11.8 Å². The normalized spacial score (nSPS) is 23.2. The summed E-state index contributed by atoms with van der Waals surface area (Å²) in [5, 5.41) is 11.8. The Morgan fingerprint density at radius 3 is 2.08 bits per heavy atom. The maximum Gasteiger partial charge on any atom is 0.347 e. The molecule has 0 saturated heterocycles. The van der Waals surface area contributed by atoms with Crippen LogP contribution >= 0.6 is 0 Å². The number of nitrogens with zero attached hydrogens (tertiary/aromatic N) is 1. The van der Waals surface area contributed by atoms with Gasteiger partial charge in [-0.3, -0.25) is 0 Å². The van der Waals surface area contributed by atoms with E-state index in [0.29, 0.717) is 29.0 Å². The maximum atomic E-state index is 13.7. The van der Waals surface area contributed by atoms with Crippen LogP contribution in [-0.4, -0.2) is 41.7 Å². The fourth-order valence-electron chi connectivity index (χ4n) is 6.39. The molecule has 0 heterocycles. The molecule has 0 amide bonds. The van der Waals surface area contributed by atoms with Gasteiger partial charge in [0.25, 0.3) is 0 Å². The molecule has 0 spiro atoms. The lowest BCUT2D eigenvalue weighted by Crippen LogP contribution is -2.42. The highest BCUT2D eigenvalue weighted by Gasteiger charge is 2.53. The number of carbonyl (C=O) groups is 1. The van der Waals surface area contributed by atoms with Gasteiger partial charge in [0.05, 0.1) is 0 Å². The molecule has 1 N–H and O–H groups in total. The number of hydrogen-bond donors (Lipinski definition) is 1. The average molecular weight is 484 g/mol. The third-order valence-electron chi connectivity index (χ3n) is 8.35. The van der Waals surface area contributed by atoms with Crippen molar-refractivity contribution < 1.29 is 14.6 Å². The first-order valence-corrected chi connectivity index (χ1v) is 13.4. The van der Waals surface area contributed by atoms with Gasteiger partial charge in [-0.25, -0.2) is 4.79 Å². The van der Waals surface area contributed by atoms with E-state index in [1.165, 1.54) is 12.0 Å². The highest BCUT2D eigenvalue weighted by atomic mass is 16.6. The summed E-state index contributed by atoms with van der Waals surface area (Å²) in [7, 11) is 2.22. The second-order valence-corrected chi connectivity index (χ2v) is 10.5. The van der Waals surface area contributed by atoms with Gasteiger partial charge in [0.15, 0.2) is 0 Å². The average Bonchev–Trinajstić information content (AvgIpc) is 3.48. The van der Waals surface area contributed by atoms with Crippen LogP contribution in [0.2, 0.25) is 0 Å². The zero-order valence-electron chi connectivity index (χ0n) is 21.1. The van der Waals surface area contributed by atoms with Crippen molar-refractivity contribution in [3.63, 3.8) is 0 Å². The Morgan fingerprint density at radius 1 is 0.889 bits per heavy atom. The molecule has 0 aromatic heterocycles. The standard InChI is InChI=1S/C32H37NO3/c1-33(22-12-11-15-24-13-5-2-6-14-24)29-23-25-20-21-28(29)30(25)36-31(34)32(35,26-16-7-3-8-17-26)27-18-9-4-10-19-27/h2-10,13-14,16-19,25,28-30,35H,11-12,15,20-23H2,1H3/t25?,28?,29-,30?/m1/s1. The van der Waals surface area contributed by atoms with E-state index >= 15 is 0 Å². The van der Waals surface area contributed by atoms with E-state index in [9.17, 15) is 9.90 Å². The van der Waals surface area contributed by atoms with Crippen molar-refractivity contribution in [1.82, 2.24) is 4.90 Å². The lowest BCUT2D eigenvalue weighted by molar-refractivity contribution is -0.170. The van der Waals surface area contributed by atoms with Crippen molar-refractivity contribution in [1.29, 1.82) is 0 Å². The second-order valence-electron chi connectivity index (χ2n) is 10.5. The summed E-state index contributed by atoms with van der Waals surface area (Å²) in [6.45, 7) is 1.05. The molecule has 2 bridgehead atoms. The monoisotopic (exact) mass is 483 g/mol. The number of rotatable bonds is 10. The molecular weight excluding hydrogens is 446 g/mol. The Labute approximate surface area is 214 Å². The molecule has 0 aliphatic heterocycles. The number of esters is 1. The van der Waals surface area contributed by atoms with Crippen LogP contribution < -0.4 is 0 Å². The molecule has 4 nitrogen and oxygen atoms in total. The van der Waals surface area contributed by atoms with Crippen LogP contribution in [-0.2, 0) is 21.6 Å². The molecule has 3 unspecified atom stereocenters. The number of unbranched alkanes of at least 4 members (excludes halogenated alkanes) is 1. The number of carbonyl (C=O) groups excluding carboxylic acids is 1. The molecular formula is C32H37NO3. The largest absolute Gasteiger partial charge is 0.459 e. The van der Waals surface area contributed by atoms with Gasteiger partial charge in [0, 0.05) is 12.0 Å². The van der Waals surface area contributed by atoms with Crippen LogP contribution in [0.25, 0.3) is 0 Å². The summed E-state index contributed by atoms with van der Waals surface area (Å²) in [4.78, 5) is 16.2. The molecule has 2 saturated carbocycles. The molecule has 5 rings (SSSR count). The predicted molar refractivity (Wildman–Crippen MR) is 142 cm³/mol. The Morgan fingerprint density at radius 2 is 1.47 bits per heavy atom. The lowest BCUT2D eigenvalue weighted by atomic mass is 9.86. The quantitative estimate of drug-likeness (QED) is 0.302. The molecule has 3 aromatic rings. The molecule has 3 aromatic carbocycles. The Bertz CT molecular complexity index is 1080. The fraction of sp³-hybridized carbons (Fsp3) is 0.406. The van der Waals surface area contributed by atoms with Gasteiger partial charge < -0.3 is 14.7 Å². The van der Waals surface area contributed by atoms with E-state index in [1.54, 1.807) is 24.3 Å². The zero-order chi connectivity index (χ0) is 25.0. The van der Waals surface area contributed by atoms with Gasteiger partial charge in [-0.15, -0.1) is 0 Å². The first-order chi connectivity index (χ1) is 17.6. The van der Waals surface area contributed by atoms with Crippen LogP contribution in [0.3, 0.4) is 0 Å². The van der Waals surface area contributed by atoms with E-state index in [1.807, 2.05) is 36.4 Å². The van der Waals surface area contributed by atoms with E-state index in [0.717, 1.165) is 38.6 Å². The summed E-state index contributed by atoms with van der Waals surface area (Å²) in [5.41, 5.74) is 0.664. The van der Waals surface area contributed by atoms with E-state index in [-0.39, 0.29) is 6.10 Å². The molecule has 4 heteroatoms. The van der Waals surface area contributed by atoms with Gasteiger partial charge in [0.2, 0.25) is 5.60 Å². The number of hydrogen-bond acceptors (Lipinski definition) is 4. The van der Waals surface area contributed by atoms with E-state index in [2.05, 4.69) is 42.3 Å². The molecule has 36 heavy (non-hydrogen) atoms. The Balaban J connectivity index is 1.23. The molecule has 2 aliphatic carbocycles. The Kier molecular flexibility index (Phi) is 7.54. The second kappa shape index (κ2) is 11.0. The summed E-state index contributed by atoms with van der Waals surface area (Å²) >= 11 is 0. The van der Waals surface area contributed by atoms with E-state index < -0.39 is 11.6 Å². The molecule has 2 fully saturated rings. The van der Waals surface area contributed by atoms with Gasteiger partial charge in [-0.05, 0) is 74.7 Å². The first kappa shape index (κ1) is 24.7. The van der Waals surface area contributed by atoms with Gasteiger partial charge >= 0.3 is 5.97 Å². The molecule has 4 atom stereocenters. The van der Waals surface area contributed by atoms with Crippen molar-refractivity contribution >= 4 is 5.97 Å². The number of ether oxygens (including phenoxy) is 1. The summed E-state index contributed by atoms with van der Waals surface area (Å²) in [6.07, 6.45) is 6.55. The smallest absolute Gasteiger partial charge is 0.347 e. The fourth-order valence-corrected chi connectivity index (χ4v) is 6.39. The SMILES string of the molecule is CN(CCCCc1ccccc1)[C@@H]1CC2CCC1C2OC(=O)C(O)(c1ccccc1)c1ccccc1. The lowest BCUT2D eigenvalue weighted by Gasteiger charge is -2.32. The zero-order valence-corrected chi connectivity index (χ0v) is 21.1. The van der Waals surface area contributed by atoms with E-state index in [4.69, 9.17) is 4.74 Å². The minimum Gasteiger partial charge on any atom is -0.459 e. The Hall–Kier alpha value is -2.95. The highest BCUT2D eigenvalue weighted by Crippen LogP contribution is 2.49. The van der Waals surface area contributed by atoms with Crippen molar-refractivity contribution in [3.05, 3.63) is 108 Å². The van der Waals surface area contributed by atoms with Crippen LogP contribution in [0.4, 0.5) is 0 Å². The minimum absolute atomic E-state index is 0.131. The van der Waals surface area contributed by atoms with Crippen molar-refractivity contribution in [3.8, 4) is 0 Å².